The zero-order valence-corrected chi connectivity index (χ0v) is 14.7. The first-order chi connectivity index (χ1) is 11.8. The lowest BCUT2D eigenvalue weighted by Gasteiger charge is -2.31. The molecule has 1 aliphatic heterocycles. The summed E-state index contributed by atoms with van der Waals surface area (Å²) >= 11 is 1.74. The first-order valence-electron chi connectivity index (χ1n) is 8.54. The van der Waals surface area contributed by atoms with Crippen LogP contribution in [0.25, 0.3) is 10.2 Å². The Bertz CT molecular complexity index is 761. The van der Waals surface area contributed by atoms with Gasteiger partial charge in [-0.3, -0.25) is 0 Å². The summed E-state index contributed by atoms with van der Waals surface area (Å²) in [5.74, 6) is 0. The predicted molar refractivity (Wildman–Crippen MR) is 99.5 cm³/mol. The molecule has 24 heavy (non-hydrogen) atoms. The highest BCUT2D eigenvalue weighted by Gasteiger charge is 2.25. The van der Waals surface area contributed by atoms with Gasteiger partial charge in [-0.2, -0.15) is 0 Å². The van der Waals surface area contributed by atoms with Crippen LogP contribution in [0, 0.1) is 0 Å². The summed E-state index contributed by atoms with van der Waals surface area (Å²) in [7, 11) is 2.18. The second-order valence-corrected chi connectivity index (χ2v) is 7.51. The molecule has 1 atom stereocenters. The van der Waals surface area contributed by atoms with Crippen molar-refractivity contribution in [1.82, 2.24) is 9.88 Å². The largest absolute Gasteiger partial charge is 0.363 e. The van der Waals surface area contributed by atoms with E-state index >= 15 is 0 Å². The summed E-state index contributed by atoms with van der Waals surface area (Å²) in [6.07, 6.45) is 2.41. The molecule has 2 heterocycles. The second kappa shape index (κ2) is 7.01. The highest BCUT2D eigenvalue weighted by Crippen LogP contribution is 2.34. The van der Waals surface area contributed by atoms with Crippen LogP contribution in [0.5, 0.6) is 0 Å². The van der Waals surface area contributed by atoms with Crippen molar-refractivity contribution in [1.29, 1.82) is 0 Å². The van der Waals surface area contributed by atoms with Crippen LogP contribution in [0.4, 0.5) is 0 Å². The van der Waals surface area contributed by atoms with Gasteiger partial charge in [-0.15, -0.1) is 11.3 Å². The van der Waals surface area contributed by atoms with Crippen molar-refractivity contribution in [3.63, 3.8) is 0 Å². The third-order valence-corrected chi connectivity index (χ3v) is 5.71. The van der Waals surface area contributed by atoms with Crippen LogP contribution in [-0.2, 0) is 4.74 Å². The van der Waals surface area contributed by atoms with Gasteiger partial charge in [-0.1, -0.05) is 42.5 Å². The summed E-state index contributed by atoms with van der Waals surface area (Å²) in [6.45, 7) is 2.21. The lowest BCUT2D eigenvalue weighted by atomic mass is 10.1. The van der Waals surface area contributed by atoms with Crippen molar-refractivity contribution in [2.45, 2.75) is 25.0 Å². The molecule has 4 rings (SSSR count). The molecule has 2 aromatic carbocycles. The van der Waals surface area contributed by atoms with Crippen molar-refractivity contribution in [2.75, 3.05) is 20.1 Å². The van der Waals surface area contributed by atoms with Crippen LogP contribution in [0.1, 0.15) is 29.5 Å². The number of fused-ring (bicyclic) bond motifs is 1. The quantitative estimate of drug-likeness (QED) is 0.700. The highest BCUT2D eigenvalue weighted by molar-refractivity contribution is 7.18. The Kier molecular flexibility index (Phi) is 4.60. The molecule has 0 bridgehead atoms. The number of piperidine rings is 1. The average Bonchev–Trinajstić information content (AvgIpc) is 3.06. The van der Waals surface area contributed by atoms with E-state index in [1.807, 2.05) is 6.07 Å². The van der Waals surface area contributed by atoms with Gasteiger partial charge in [0.25, 0.3) is 0 Å². The lowest BCUT2D eigenvalue weighted by molar-refractivity contribution is -0.0234. The lowest BCUT2D eigenvalue weighted by Crippen LogP contribution is -2.35. The minimum Gasteiger partial charge on any atom is -0.363 e. The zero-order valence-electron chi connectivity index (χ0n) is 13.9. The molecule has 1 aromatic heterocycles. The summed E-state index contributed by atoms with van der Waals surface area (Å²) in [5.41, 5.74) is 2.25. The topological polar surface area (TPSA) is 25.4 Å². The fourth-order valence-electron chi connectivity index (χ4n) is 3.22. The molecule has 0 amide bonds. The monoisotopic (exact) mass is 338 g/mol. The van der Waals surface area contributed by atoms with Crippen LogP contribution >= 0.6 is 11.3 Å². The Balaban J connectivity index is 1.65. The fourth-order valence-corrected chi connectivity index (χ4v) is 4.26. The molecule has 4 heteroatoms. The minimum absolute atomic E-state index is 0.0722. The molecule has 1 fully saturated rings. The van der Waals surface area contributed by atoms with Crippen molar-refractivity contribution < 1.29 is 4.74 Å². The molecule has 0 spiro atoms. The average molecular weight is 338 g/mol. The van der Waals surface area contributed by atoms with Gasteiger partial charge < -0.3 is 9.64 Å². The predicted octanol–water partition coefficient (Wildman–Crippen LogP) is 4.50. The molecule has 1 aliphatic rings. The first kappa shape index (κ1) is 15.8. The molecule has 3 aromatic rings. The van der Waals surface area contributed by atoms with Gasteiger partial charge in [0, 0.05) is 13.1 Å². The first-order valence-corrected chi connectivity index (χ1v) is 9.35. The number of hydrogen-bond acceptors (Lipinski definition) is 4. The van der Waals surface area contributed by atoms with Gasteiger partial charge in [-0.25, -0.2) is 4.98 Å². The number of rotatable bonds is 4. The Labute approximate surface area is 146 Å². The van der Waals surface area contributed by atoms with Gasteiger partial charge in [0.1, 0.15) is 11.1 Å². The maximum atomic E-state index is 6.56. The van der Waals surface area contributed by atoms with Crippen molar-refractivity contribution in [3.05, 3.63) is 65.2 Å². The van der Waals surface area contributed by atoms with E-state index in [-0.39, 0.29) is 6.10 Å². The molecule has 0 saturated carbocycles. The molecule has 0 radical (unpaired) electrons. The van der Waals surface area contributed by atoms with Crippen LogP contribution in [0.2, 0.25) is 0 Å². The summed E-state index contributed by atoms with van der Waals surface area (Å²) in [6, 6.07) is 18.8. The van der Waals surface area contributed by atoms with Crippen molar-refractivity contribution in [2.24, 2.45) is 0 Å². The van der Waals surface area contributed by atoms with Crippen molar-refractivity contribution in [3.8, 4) is 0 Å². The van der Waals surface area contributed by atoms with Gasteiger partial charge in [0.2, 0.25) is 0 Å². The number of benzene rings is 2. The van der Waals surface area contributed by atoms with Crippen LogP contribution < -0.4 is 0 Å². The van der Waals surface area contributed by atoms with E-state index in [1.54, 1.807) is 11.3 Å². The zero-order chi connectivity index (χ0) is 16.4. The van der Waals surface area contributed by atoms with Crippen LogP contribution in [0.15, 0.2) is 54.6 Å². The second-order valence-electron chi connectivity index (χ2n) is 6.45. The number of likely N-dealkylation sites (tertiary alicyclic amines) is 1. The Morgan fingerprint density at radius 3 is 2.50 bits per heavy atom. The molecular weight excluding hydrogens is 316 g/mol. The standard InChI is InChI=1S/C20H22N2OS/c1-22-13-11-16(12-14-22)23-19(15-7-3-2-4-8-15)20-21-17-9-5-6-10-18(17)24-20/h2-10,16,19H,11-14H2,1H3/t19-/m1/s1. The molecule has 1 saturated heterocycles. The number of thiazole rings is 1. The molecule has 3 nitrogen and oxygen atoms in total. The van der Waals surface area contributed by atoms with E-state index in [0.29, 0.717) is 6.10 Å². The van der Waals surface area contributed by atoms with E-state index < -0.39 is 0 Å². The Morgan fingerprint density at radius 1 is 1.04 bits per heavy atom. The number of aromatic nitrogens is 1. The normalized spacial score (nSPS) is 18.0. The Hall–Kier alpha value is -1.75. The van der Waals surface area contributed by atoms with Gasteiger partial charge in [-0.05, 0) is 37.6 Å². The van der Waals surface area contributed by atoms with Gasteiger partial charge in [0.15, 0.2) is 0 Å². The van der Waals surface area contributed by atoms with Crippen LogP contribution in [-0.4, -0.2) is 36.1 Å². The molecule has 0 aliphatic carbocycles. The van der Waals surface area contributed by atoms with E-state index in [4.69, 9.17) is 9.72 Å². The van der Waals surface area contributed by atoms with Crippen LogP contribution in [0.3, 0.4) is 0 Å². The van der Waals surface area contributed by atoms with E-state index in [2.05, 4.69) is 60.5 Å². The maximum Gasteiger partial charge on any atom is 0.134 e. The van der Waals surface area contributed by atoms with E-state index in [0.717, 1.165) is 36.5 Å². The molecular formula is C20H22N2OS. The maximum absolute atomic E-state index is 6.56. The Morgan fingerprint density at radius 2 is 1.75 bits per heavy atom. The third kappa shape index (κ3) is 3.36. The van der Waals surface area contributed by atoms with Gasteiger partial charge in [0.05, 0.1) is 16.3 Å². The van der Waals surface area contributed by atoms with E-state index in [9.17, 15) is 0 Å². The summed E-state index contributed by atoms with van der Waals surface area (Å²) in [4.78, 5) is 7.22. The minimum atomic E-state index is -0.0722. The number of hydrogen-bond donors (Lipinski definition) is 0. The number of ether oxygens (including phenoxy) is 1. The summed E-state index contributed by atoms with van der Waals surface area (Å²) in [5, 5.41) is 1.06. The van der Waals surface area contributed by atoms with E-state index in [1.165, 1.54) is 10.3 Å². The smallest absolute Gasteiger partial charge is 0.134 e. The molecule has 0 N–H and O–H groups in total. The number of para-hydroxylation sites is 1. The fraction of sp³-hybridized carbons (Fsp3) is 0.350. The summed E-state index contributed by atoms with van der Waals surface area (Å²) < 4.78 is 7.79. The van der Waals surface area contributed by atoms with Crippen molar-refractivity contribution >= 4 is 21.6 Å². The SMILES string of the molecule is CN1CCC(O[C@H](c2ccccc2)c2nc3ccccc3s2)CC1. The highest BCUT2D eigenvalue weighted by atomic mass is 32.1. The number of nitrogens with zero attached hydrogens (tertiary/aromatic N) is 2. The van der Waals surface area contributed by atoms with Gasteiger partial charge >= 0.3 is 0 Å². The molecule has 0 unspecified atom stereocenters. The third-order valence-electron chi connectivity index (χ3n) is 4.63. The molecule has 124 valence electrons.